The fourth-order valence-corrected chi connectivity index (χ4v) is 6.30. The number of rotatable bonds is 18. The number of cyclic esters (lactones) is 1. The summed E-state index contributed by atoms with van der Waals surface area (Å²) in [6.07, 6.45) is 9.21. The number of ether oxygens (including phenoxy) is 4. The van der Waals surface area contributed by atoms with E-state index in [9.17, 15) is 24.3 Å². The lowest BCUT2D eigenvalue weighted by molar-refractivity contribution is -0.159. The summed E-state index contributed by atoms with van der Waals surface area (Å²) in [4.78, 5) is 48.6. The zero-order chi connectivity index (χ0) is 34.7. The summed E-state index contributed by atoms with van der Waals surface area (Å²) in [5.41, 5.74) is 1.53. The zero-order valence-corrected chi connectivity index (χ0v) is 28.9. The summed E-state index contributed by atoms with van der Waals surface area (Å²) in [6, 6.07) is 3.47. The number of Topliss-reactive ketones (excluding diaryl/α,β-unsaturated/α-hetero) is 1. The first-order valence-corrected chi connectivity index (χ1v) is 17.2. The molecule has 1 aromatic rings. The summed E-state index contributed by atoms with van der Waals surface area (Å²) < 4.78 is 21.4. The largest absolute Gasteiger partial charge is 0.487 e. The summed E-state index contributed by atoms with van der Waals surface area (Å²) in [5, 5.41) is 18.6. The molecule has 0 amide bonds. The van der Waals surface area contributed by atoms with Gasteiger partial charge in [0.25, 0.3) is 6.10 Å². The van der Waals surface area contributed by atoms with Crippen LogP contribution in [0, 0.1) is 24.7 Å². The van der Waals surface area contributed by atoms with Crippen LogP contribution in [-0.4, -0.2) is 64.4 Å². The third-order valence-electron chi connectivity index (χ3n) is 9.21. The Morgan fingerprint density at radius 1 is 0.979 bits per heavy atom. The van der Waals surface area contributed by atoms with Crippen LogP contribution in [0.3, 0.4) is 0 Å². The van der Waals surface area contributed by atoms with Crippen LogP contribution in [0.15, 0.2) is 24.3 Å². The minimum absolute atomic E-state index is 0.257. The van der Waals surface area contributed by atoms with E-state index in [0.29, 0.717) is 11.7 Å². The molecule has 10 heteroatoms. The number of aliphatic hydroxyl groups is 2. The van der Waals surface area contributed by atoms with Gasteiger partial charge in [0, 0.05) is 12.2 Å². The van der Waals surface area contributed by atoms with E-state index in [1.165, 1.54) is 44.9 Å². The number of benzene rings is 1. The summed E-state index contributed by atoms with van der Waals surface area (Å²) in [6.45, 7) is 12.6. The quantitative estimate of drug-likeness (QED) is 0.0867. The van der Waals surface area contributed by atoms with Crippen molar-refractivity contribution in [2.45, 2.75) is 136 Å². The summed E-state index contributed by atoms with van der Waals surface area (Å²) in [5.74, 6) is -0.751. The lowest BCUT2D eigenvalue weighted by Gasteiger charge is -2.37. The molecular weight excluding hydrogens is 604 g/mol. The van der Waals surface area contributed by atoms with Gasteiger partial charge in [-0.15, -0.1) is 0 Å². The maximum atomic E-state index is 12.4. The van der Waals surface area contributed by atoms with Crippen molar-refractivity contribution in [2.75, 3.05) is 6.61 Å². The van der Waals surface area contributed by atoms with Gasteiger partial charge in [0.15, 0.2) is 6.10 Å². The molecule has 0 radical (unpaired) electrons. The van der Waals surface area contributed by atoms with E-state index >= 15 is 0 Å². The van der Waals surface area contributed by atoms with E-state index in [4.69, 9.17) is 19.3 Å². The number of hydrogen-bond donors (Lipinski definition) is 2. The number of carbonyl (C=O) groups excluding carboxylic acids is 4. The Morgan fingerprint density at radius 3 is 2.23 bits per heavy atom. The molecule has 2 aliphatic heterocycles. The molecule has 2 aliphatic rings. The number of ketones is 1. The molecule has 1 saturated heterocycles. The molecule has 10 nitrogen and oxygen atoms in total. The van der Waals surface area contributed by atoms with Crippen LogP contribution in [0.4, 0.5) is 0 Å². The number of aryl methyl sites for hydroxylation is 2. The van der Waals surface area contributed by atoms with Crippen LogP contribution in [0.1, 0.15) is 110 Å². The third kappa shape index (κ3) is 11.7. The minimum atomic E-state index is -1.89. The SMILES string of the molecule is Cc1cc(OC(=O)/C=C/C(=O)OC2C(=O)OC(C(O)CO)C2=O)cc2c1OC(C)(CCCC(C)CCCC(C)CCCC(C)C)CC2. The van der Waals surface area contributed by atoms with Gasteiger partial charge in [-0.3, -0.25) is 4.79 Å². The molecule has 6 atom stereocenters. The smallest absolute Gasteiger partial charge is 0.356 e. The Kier molecular flexibility index (Phi) is 14.5. The normalized spacial score (nSPS) is 22.8. The molecule has 0 bridgehead atoms. The highest BCUT2D eigenvalue weighted by Gasteiger charge is 2.49. The molecule has 0 saturated carbocycles. The third-order valence-corrected chi connectivity index (χ3v) is 9.21. The Bertz CT molecular complexity index is 1270. The van der Waals surface area contributed by atoms with Gasteiger partial charge in [-0.1, -0.05) is 72.6 Å². The van der Waals surface area contributed by atoms with Crippen molar-refractivity contribution in [2.24, 2.45) is 17.8 Å². The van der Waals surface area contributed by atoms with Crippen LogP contribution >= 0.6 is 0 Å². The second-order valence-corrected chi connectivity index (χ2v) is 14.2. The van der Waals surface area contributed by atoms with Crippen LogP contribution in [-0.2, 0) is 35.1 Å². The predicted molar refractivity (Wildman–Crippen MR) is 176 cm³/mol. The average molecular weight is 659 g/mol. The standard InChI is InChI=1S/C37H54O10/c1-23(2)10-7-11-24(3)12-8-13-25(4)14-9-18-37(6)19-17-27-21-28(20-26(5)33(27)47-37)44-30(40)15-16-31(41)45-35-32(42)34(29(39)22-38)46-36(35)43/h15-16,20-21,23-25,29,34-35,38-39H,7-14,17-19,22H2,1-6H3/b16-15+. The molecule has 3 rings (SSSR count). The monoisotopic (exact) mass is 658 g/mol. The number of carbonyl (C=O) groups is 4. The summed E-state index contributed by atoms with van der Waals surface area (Å²) in [7, 11) is 0. The molecular formula is C37H54O10. The average Bonchev–Trinajstić information content (AvgIpc) is 3.28. The topological polar surface area (TPSA) is 146 Å². The van der Waals surface area contributed by atoms with Crippen LogP contribution in [0.5, 0.6) is 11.5 Å². The van der Waals surface area contributed by atoms with Crippen molar-refractivity contribution < 1.29 is 48.3 Å². The van der Waals surface area contributed by atoms with Crippen molar-refractivity contribution in [3.05, 3.63) is 35.4 Å². The van der Waals surface area contributed by atoms with Crippen molar-refractivity contribution in [3.8, 4) is 11.5 Å². The molecule has 1 fully saturated rings. The van der Waals surface area contributed by atoms with Gasteiger partial charge < -0.3 is 29.2 Å². The van der Waals surface area contributed by atoms with Gasteiger partial charge in [0.1, 0.15) is 23.2 Å². The summed E-state index contributed by atoms with van der Waals surface area (Å²) >= 11 is 0. The van der Waals surface area contributed by atoms with E-state index in [1.807, 2.05) is 6.92 Å². The second kappa shape index (κ2) is 17.8. The minimum Gasteiger partial charge on any atom is -0.487 e. The van der Waals surface area contributed by atoms with E-state index in [2.05, 4.69) is 39.4 Å². The Morgan fingerprint density at radius 2 is 1.60 bits per heavy atom. The van der Waals surface area contributed by atoms with Crippen LogP contribution < -0.4 is 9.47 Å². The van der Waals surface area contributed by atoms with Gasteiger partial charge in [-0.25, -0.2) is 14.4 Å². The van der Waals surface area contributed by atoms with Gasteiger partial charge in [-0.05, 0) is 80.5 Å². The molecule has 47 heavy (non-hydrogen) atoms. The highest BCUT2D eigenvalue weighted by molar-refractivity contribution is 6.11. The fourth-order valence-electron chi connectivity index (χ4n) is 6.30. The highest BCUT2D eigenvalue weighted by atomic mass is 16.6. The molecule has 0 aliphatic carbocycles. The van der Waals surface area contributed by atoms with Gasteiger partial charge in [-0.2, -0.15) is 0 Å². The van der Waals surface area contributed by atoms with Gasteiger partial charge >= 0.3 is 17.9 Å². The first kappa shape index (κ1) is 38.2. The maximum Gasteiger partial charge on any atom is 0.356 e. The fraction of sp³-hybridized carbons (Fsp3) is 0.676. The van der Waals surface area contributed by atoms with Crippen molar-refractivity contribution >= 4 is 23.7 Å². The van der Waals surface area contributed by atoms with E-state index in [-0.39, 0.29) is 5.60 Å². The second-order valence-electron chi connectivity index (χ2n) is 14.2. The number of aliphatic hydroxyl groups excluding tert-OH is 2. The Hall–Kier alpha value is -3.24. The Labute approximate surface area is 279 Å². The number of hydrogen-bond acceptors (Lipinski definition) is 10. The van der Waals surface area contributed by atoms with Crippen molar-refractivity contribution in [3.63, 3.8) is 0 Å². The molecule has 1 aromatic carbocycles. The zero-order valence-electron chi connectivity index (χ0n) is 28.9. The van der Waals surface area contributed by atoms with Crippen LogP contribution in [0.2, 0.25) is 0 Å². The molecule has 2 N–H and O–H groups in total. The van der Waals surface area contributed by atoms with E-state index in [1.54, 1.807) is 12.1 Å². The lowest BCUT2D eigenvalue weighted by Crippen LogP contribution is -2.38. The number of esters is 3. The first-order valence-electron chi connectivity index (χ1n) is 17.2. The van der Waals surface area contributed by atoms with Gasteiger partial charge in [0.05, 0.1) is 6.61 Å². The highest BCUT2D eigenvalue weighted by Crippen LogP contribution is 2.40. The Balaban J connectivity index is 1.43. The molecule has 2 heterocycles. The predicted octanol–water partition coefficient (Wildman–Crippen LogP) is 5.74. The van der Waals surface area contributed by atoms with Crippen molar-refractivity contribution in [1.29, 1.82) is 0 Å². The van der Waals surface area contributed by atoms with Crippen molar-refractivity contribution in [1.82, 2.24) is 0 Å². The van der Waals surface area contributed by atoms with Crippen LogP contribution in [0.25, 0.3) is 0 Å². The maximum absolute atomic E-state index is 12.4. The van der Waals surface area contributed by atoms with E-state index < -0.39 is 48.6 Å². The van der Waals surface area contributed by atoms with Gasteiger partial charge in [0.2, 0.25) is 5.78 Å². The van der Waals surface area contributed by atoms with E-state index in [0.717, 1.165) is 66.5 Å². The molecule has 0 aromatic heterocycles. The molecule has 262 valence electrons. The molecule has 0 spiro atoms. The first-order chi connectivity index (χ1) is 22.2. The lowest BCUT2D eigenvalue weighted by atomic mass is 9.85. The molecule has 6 unspecified atom stereocenters. The number of fused-ring (bicyclic) bond motifs is 1.